The Morgan fingerprint density at radius 1 is 0.952 bits per heavy atom. The van der Waals surface area contributed by atoms with E-state index in [-0.39, 0.29) is 6.61 Å². The molecule has 0 aliphatic carbocycles. The number of rotatable bonds is 6. The zero-order chi connectivity index (χ0) is 15.2. The molecule has 0 unspecified atom stereocenters. The van der Waals surface area contributed by atoms with Gasteiger partial charge in [-0.2, -0.15) is 0 Å². The second kappa shape index (κ2) is 7.32. The average molecular weight is 284 g/mol. The minimum atomic E-state index is 0.146. The second-order valence-electron chi connectivity index (χ2n) is 5.81. The summed E-state index contributed by atoms with van der Waals surface area (Å²) < 4.78 is 0. The molecule has 0 aliphatic heterocycles. The molecule has 3 nitrogen and oxygen atoms in total. The van der Waals surface area contributed by atoms with Crippen LogP contribution in [0, 0.1) is 6.92 Å². The first-order valence-corrected chi connectivity index (χ1v) is 7.61. The van der Waals surface area contributed by atoms with Crippen molar-refractivity contribution in [3.8, 4) is 0 Å². The van der Waals surface area contributed by atoms with Gasteiger partial charge in [-0.15, -0.1) is 0 Å². The molecule has 0 spiro atoms. The SMILES string of the molecule is Cc1cc(CCc2cccc(CCO)n2)nc(C(C)C)c1. The van der Waals surface area contributed by atoms with E-state index in [0.29, 0.717) is 12.3 Å². The van der Waals surface area contributed by atoms with Crippen molar-refractivity contribution in [1.29, 1.82) is 0 Å². The van der Waals surface area contributed by atoms with Gasteiger partial charge in [0.1, 0.15) is 0 Å². The lowest BCUT2D eigenvalue weighted by molar-refractivity contribution is 0.298. The van der Waals surface area contributed by atoms with Crippen molar-refractivity contribution in [3.63, 3.8) is 0 Å². The number of hydrogen-bond acceptors (Lipinski definition) is 3. The molecule has 0 aromatic carbocycles. The van der Waals surface area contributed by atoms with E-state index in [4.69, 9.17) is 10.1 Å². The van der Waals surface area contributed by atoms with Gasteiger partial charge in [0, 0.05) is 35.8 Å². The Morgan fingerprint density at radius 2 is 1.62 bits per heavy atom. The van der Waals surface area contributed by atoms with Crippen molar-refractivity contribution in [3.05, 3.63) is 58.7 Å². The summed E-state index contributed by atoms with van der Waals surface area (Å²) in [7, 11) is 0. The number of aliphatic hydroxyl groups is 1. The van der Waals surface area contributed by atoms with Gasteiger partial charge in [0.2, 0.25) is 0 Å². The van der Waals surface area contributed by atoms with Crippen LogP contribution in [0.2, 0.25) is 0 Å². The van der Waals surface area contributed by atoms with Crippen molar-refractivity contribution < 1.29 is 5.11 Å². The standard InChI is InChI=1S/C18H24N2O/c1-13(2)18-12-14(3)11-17(20-18)8-7-15-5-4-6-16(19-15)9-10-21/h4-6,11-13,21H,7-10H2,1-3H3. The number of pyridine rings is 2. The molecule has 1 N–H and O–H groups in total. The fourth-order valence-corrected chi connectivity index (χ4v) is 2.37. The molecule has 0 fully saturated rings. The number of hydrogen-bond donors (Lipinski definition) is 1. The monoisotopic (exact) mass is 284 g/mol. The van der Waals surface area contributed by atoms with Crippen LogP contribution in [0.3, 0.4) is 0 Å². The molecule has 0 saturated carbocycles. The maximum Gasteiger partial charge on any atom is 0.0486 e. The first-order chi connectivity index (χ1) is 10.1. The first kappa shape index (κ1) is 15.6. The maximum absolute atomic E-state index is 8.98. The van der Waals surface area contributed by atoms with E-state index in [1.54, 1.807) is 0 Å². The minimum Gasteiger partial charge on any atom is -0.396 e. The van der Waals surface area contributed by atoms with E-state index < -0.39 is 0 Å². The third-order valence-electron chi connectivity index (χ3n) is 3.50. The Hall–Kier alpha value is -1.74. The zero-order valence-electron chi connectivity index (χ0n) is 13.1. The highest BCUT2D eigenvalue weighted by atomic mass is 16.3. The number of nitrogens with zero attached hydrogens (tertiary/aromatic N) is 2. The van der Waals surface area contributed by atoms with E-state index in [1.807, 2.05) is 18.2 Å². The molecular formula is C18H24N2O. The van der Waals surface area contributed by atoms with Crippen LogP contribution in [0.5, 0.6) is 0 Å². The summed E-state index contributed by atoms with van der Waals surface area (Å²) in [5, 5.41) is 8.98. The minimum absolute atomic E-state index is 0.146. The summed E-state index contributed by atoms with van der Waals surface area (Å²) in [4.78, 5) is 9.31. The van der Waals surface area contributed by atoms with Gasteiger partial charge >= 0.3 is 0 Å². The summed E-state index contributed by atoms with van der Waals surface area (Å²) in [6, 6.07) is 10.3. The van der Waals surface area contributed by atoms with E-state index >= 15 is 0 Å². The lowest BCUT2D eigenvalue weighted by Crippen LogP contribution is -2.03. The van der Waals surface area contributed by atoms with Gasteiger partial charge in [-0.1, -0.05) is 19.9 Å². The second-order valence-corrected chi connectivity index (χ2v) is 5.81. The van der Waals surface area contributed by atoms with Crippen LogP contribution in [-0.2, 0) is 19.3 Å². The highest BCUT2D eigenvalue weighted by Crippen LogP contribution is 2.15. The van der Waals surface area contributed by atoms with Crippen molar-refractivity contribution in [2.24, 2.45) is 0 Å². The van der Waals surface area contributed by atoms with E-state index in [1.165, 1.54) is 5.56 Å². The third kappa shape index (κ3) is 4.64. The van der Waals surface area contributed by atoms with Crippen molar-refractivity contribution in [1.82, 2.24) is 9.97 Å². The lowest BCUT2D eigenvalue weighted by atomic mass is 10.0. The topological polar surface area (TPSA) is 46.0 Å². The van der Waals surface area contributed by atoms with Crippen LogP contribution in [0.4, 0.5) is 0 Å². The predicted molar refractivity (Wildman–Crippen MR) is 85.5 cm³/mol. The highest BCUT2D eigenvalue weighted by Gasteiger charge is 2.06. The molecule has 0 amide bonds. The summed E-state index contributed by atoms with van der Waals surface area (Å²) in [5.74, 6) is 0.453. The molecule has 21 heavy (non-hydrogen) atoms. The number of aliphatic hydroxyl groups excluding tert-OH is 1. The molecule has 0 saturated heterocycles. The molecule has 2 aromatic heterocycles. The number of aromatic nitrogens is 2. The van der Waals surface area contributed by atoms with Crippen LogP contribution in [0.1, 0.15) is 48.1 Å². The van der Waals surface area contributed by atoms with Gasteiger partial charge in [0.05, 0.1) is 0 Å². The quantitative estimate of drug-likeness (QED) is 0.886. The Balaban J connectivity index is 2.07. The fourth-order valence-electron chi connectivity index (χ4n) is 2.37. The molecule has 0 radical (unpaired) electrons. The Kier molecular flexibility index (Phi) is 5.45. The first-order valence-electron chi connectivity index (χ1n) is 7.61. The van der Waals surface area contributed by atoms with Gasteiger partial charge < -0.3 is 5.11 Å². The van der Waals surface area contributed by atoms with Crippen LogP contribution in [0.15, 0.2) is 30.3 Å². The molecule has 3 heteroatoms. The summed E-state index contributed by atoms with van der Waals surface area (Å²) in [5.41, 5.74) is 5.58. The Labute approximate surface area is 127 Å². The fraction of sp³-hybridized carbons (Fsp3) is 0.444. The molecule has 2 rings (SSSR count). The van der Waals surface area contributed by atoms with Gasteiger partial charge in [-0.25, -0.2) is 0 Å². The van der Waals surface area contributed by atoms with Crippen LogP contribution < -0.4 is 0 Å². The third-order valence-corrected chi connectivity index (χ3v) is 3.50. The van der Waals surface area contributed by atoms with Gasteiger partial charge in [0.25, 0.3) is 0 Å². The van der Waals surface area contributed by atoms with Crippen molar-refractivity contribution >= 4 is 0 Å². The molecule has 2 aromatic rings. The molecular weight excluding hydrogens is 260 g/mol. The lowest BCUT2D eigenvalue weighted by Gasteiger charge is -2.09. The Morgan fingerprint density at radius 3 is 2.29 bits per heavy atom. The maximum atomic E-state index is 8.98. The molecule has 0 atom stereocenters. The molecule has 112 valence electrons. The van der Waals surface area contributed by atoms with Gasteiger partial charge in [-0.05, 0) is 55.5 Å². The molecule has 0 bridgehead atoms. The van der Waals surface area contributed by atoms with E-state index in [9.17, 15) is 0 Å². The summed E-state index contributed by atoms with van der Waals surface area (Å²) in [6.07, 6.45) is 2.40. The largest absolute Gasteiger partial charge is 0.396 e. The number of aryl methyl sites for hydroxylation is 3. The van der Waals surface area contributed by atoms with E-state index in [0.717, 1.165) is 35.6 Å². The van der Waals surface area contributed by atoms with Gasteiger partial charge in [-0.3, -0.25) is 9.97 Å². The smallest absolute Gasteiger partial charge is 0.0486 e. The molecule has 0 aliphatic rings. The Bertz CT molecular complexity index is 594. The van der Waals surface area contributed by atoms with Crippen LogP contribution in [-0.4, -0.2) is 21.7 Å². The van der Waals surface area contributed by atoms with Crippen molar-refractivity contribution in [2.45, 2.75) is 46.0 Å². The highest BCUT2D eigenvalue weighted by molar-refractivity contribution is 5.23. The van der Waals surface area contributed by atoms with Crippen LogP contribution in [0.25, 0.3) is 0 Å². The van der Waals surface area contributed by atoms with Crippen LogP contribution >= 0.6 is 0 Å². The predicted octanol–water partition coefficient (Wildman–Crippen LogP) is 3.23. The van der Waals surface area contributed by atoms with Crippen molar-refractivity contribution in [2.75, 3.05) is 6.61 Å². The average Bonchev–Trinajstić information content (AvgIpc) is 2.45. The summed E-state index contributed by atoms with van der Waals surface area (Å²) >= 11 is 0. The van der Waals surface area contributed by atoms with Gasteiger partial charge in [0.15, 0.2) is 0 Å². The normalized spacial score (nSPS) is 11.1. The van der Waals surface area contributed by atoms with E-state index in [2.05, 4.69) is 37.9 Å². The zero-order valence-corrected chi connectivity index (χ0v) is 13.1. The molecule has 2 heterocycles. The summed E-state index contributed by atoms with van der Waals surface area (Å²) in [6.45, 7) is 6.61.